The van der Waals surface area contributed by atoms with Crippen LogP contribution in [-0.4, -0.2) is 28.5 Å². The van der Waals surface area contributed by atoms with Gasteiger partial charge in [-0.05, 0) is 36.6 Å². The summed E-state index contributed by atoms with van der Waals surface area (Å²) in [6.07, 6.45) is 1.06. The maximum Gasteiger partial charge on any atom is 0.244 e. The first-order chi connectivity index (χ1) is 13.5. The molecule has 0 bridgehead atoms. The Kier molecular flexibility index (Phi) is 6.73. The van der Waals surface area contributed by atoms with Gasteiger partial charge in [-0.25, -0.2) is 4.39 Å². The lowest BCUT2D eigenvalue weighted by atomic mass is 10.1. The minimum atomic E-state index is -0.566. The van der Waals surface area contributed by atoms with Crippen molar-refractivity contribution < 1.29 is 14.0 Å². The van der Waals surface area contributed by atoms with Crippen molar-refractivity contribution in [2.24, 2.45) is 0 Å². The number of nitrogens with one attached hydrogen (secondary N) is 1. The van der Waals surface area contributed by atoms with Crippen molar-refractivity contribution in [2.45, 2.75) is 44.1 Å². The van der Waals surface area contributed by atoms with Gasteiger partial charge in [0.05, 0.1) is 6.04 Å². The average Bonchev–Trinajstić information content (AvgIpc) is 3.14. The van der Waals surface area contributed by atoms with Gasteiger partial charge in [0.1, 0.15) is 17.2 Å². The highest BCUT2D eigenvalue weighted by Crippen LogP contribution is 2.42. The summed E-state index contributed by atoms with van der Waals surface area (Å²) in [7, 11) is 0. The zero-order chi connectivity index (χ0) is 20.1. The first-order valence-corrected chi connectivity index (χ1v) is 10.6. The minimum Gasteiger partial charge on any atom is -0.348 e. The number of rotatable bonds is 6. The Balaban J connectivity index is 1.80. The van der Waals surface area contributed by atoms with Crippen LogP contribution in [0.5, 0.6) is 0 Å². The monoisotopic (exact) mass is 400 g/mol. The number of amides is 2. The van der Waals surface area contributed by atoms with E-state index in [1.165, 1.54) is 23.9 Å². The fraction of sp³-hybridized carbons (Fsp3) is 0.364. The third-order valence-electron chi connectivity index (χ3n) is 4.85. The predicted octanol–water partition coefficient (Wildman–Crippen LogP) is 4.45. The van der Waals surface area contributed by atoms with E-state index in [4.69, 9.17) is 0 Å². The number of thioether (sulfide) groups is 1. The van der Waals surface area contributed by atoms with Gasteiger partial charge in [-0.1, -0.05) is 49.4 Å². The molecule has 28 heavy (non-hydrogen) atoms. The van der Waals surface area contributed by atoms with E-state index in [2.05, 4.69) is 5.32 Å². The van der Waals surface area contributed by atoms with Crippen molar-refractivity contribution in [3.63, 3.8) is 0 Å². The zero-order valence-corrected chi connectivity index (χ0v) is 16.9. The molecule has 2 amide bonds. The lowest BCUT2D eigenvalue weighted by Crippen LogP contribution is -2.48. The van der Waals surface area contributed by atoms with E-state index in [-0.39, 0.29) is 29.0 Å². The molecule has 0 saturated carbocycles. The molecule has 2 aromatic rings. The molecule has 1 saturated heterocycles. The van der Waals surface area contributed by atoms with Crippen LogP contribution in [0.2, 0.25) is 0 Å². The number of benzene rings is 2. The standard InChI is InChI=1S/C22H25FN2O2S/c1-3-8-20(26)25-19(14-28-22(25)17-11-7-12-18(23)13-17)21(27)24-15(2)16-9-5-4-6-10-16/h4-7,9-13,15,19,22H,3,8,14H2,1-2H3,(H,24,27)/t15-,19+,22-/m0/s1. The maximum atomic E-state index is 13.7. The van der Waals surface area contributed by atoms with Gasteiger partial charge in [0.25, 0.3) is 0 Å². The molecule has 1 aliphatic heterocycles. The third kappa shape index (κ3) is 4.55. The lowest BCUT2D eigenvalue weighted by Gasteiger charge is -2.30. The highest BCUT2D eigenvalue weighted by Gasteiger charge is 2.42. The van der Waals surface area contributed by atoms with E-state index in [0.717, 1.165) is 5.56 Å². The summed E-state index contributed by atoms with van der Waals surface area (Å²) in [6, 6.07) is 15.3. The van der Waals surface area contributed by atoms with E-state index >= 15 is 0 Å². The Bertz CT molecular complexity index is 830. The molecule has 148 valence electrons. The van der Waals surface area contributed by atoms with Crippen molar-refractivity contribution in [3.05, 3.63) is 71.5 Å². The average molecular weight is 401 g/mol. The number of carbonyl (C=O) groups is 2. The smallest absolute Gasteiger partial charge is 0.244 e. The number of carbonyl (C=O) groups excluding carboxylic acids is 2. The second-order valence-electron chi connectivity index (χ2n) is 6.95. The number of halogens is 1. The highest BCUT2D eigenvalue weighted by molar-refractivity contribution is 7.99. The van der Waals surface area contributed by atoms with Crippen LogP contribution in [0.1, 0.15) is 49.2 Å². The number of hydrogen-bond donors (Lipinski definition) is 1. The molecule has 3 atom stereocenters. The number of nitrogens with zero attached hydrogens (tertiary/aromatic N) is 1. The molecular weight excluding hydrogens is 375 g/mol. The van der Waals surface area contributed by atoms with Crippen molar-refractivity contribution in [2.75, 3.05) is 5.75 Å². The highest BCUT2D eigenvalue weighted by atomic mass is 32.2. The Morgan fingerprint density at radius 1 is 1.21 bits per heavy atom. The topological polar surface area (TPSA) is 49.4 Å². The van der Waals surface area contributed by atoms with Gasteiger partial charge in [0.15, 0.2) is 0 Å². The fourth-order valence-corrected chi connectivity index (χ4v) is 4.85. The summed E-state index contributed by atoms with van der Waals surface area (Å²) in [4.78, 5) is 27.5. The Hall–Kier alpha value is -2.34. The van der Waals surface area contributed by atoms with E-state index in [1.807, 2.05) is 44.2 Å². The Labute approximate surface area is 169 Å². The molecule has 0 radical (unpaired) electrons. The molecule has 3 rings (SSSR count). The van der Waals surface area contributed by atoms with Gasteiger partial charge < -0.3 is 10.2 Å². The van der Waals surface area contributed by atoms with Gasteiger partial charge in [0.2, 0.25) is 11.8 Å². The summed E-state index contributed by atoms with van der Waals surface area (Å²) in [6.45, 7) is 3.86. The van der Waals surface area contributed by atoms with E-state index in [1.54, 1.807) is 17.0 Å². The molecule has 0 unspecified atom stereocenters. The second-order valence-corrected chi connectivity index (χ2v) is 8.06. The molecular formula is C22H25FN2O2S. The van der Waals surface area contributed by atoms with Crippen LogP contribution in [0.4, 0.5) is 4.39 Å². The molecule has 0 aliphatic carbocycles. The van der Waals surface area contributed by atoms with Crippen LogP contribution in [0.25, 0.3) is 0 Å². The molecule has 6 heteroatoms. The summed E-state index contributed by atoms with van der Waals surface area (Å²) >= 11 is 1.50. The van der Waals surface area contributed by atoms with Crippen LogP contribution in [-0.2, 0) is 9.59 Å². The Morgan fingerprint density at radius 2 is 1.96 bits per heavy atom. The van der Waals surface area contributed by atoms with Crippen molar-refractivity contribution >= 4 is 23.6 Å². The van der Waals surface area contributed by atoms with Crippen LogP contribution < -0.4 is 5.32 Å². The summed E-state index contributed by atoms with van der Waals surface area (Å²) in [5.74, 6) is -0.0997. The van der Waals surface area contributed by atoms with Crippen molar-refractivity contribution in [1.82, 2.24) is 10.2 Å². The first kappa shape index (κ1) is 20.4. The first-order valence-electron chi connectivity index (χ1n) is 9.54. The summed E-state index contributed by atoms with van der Waals surface area (Å²) in [5.41, 5.74) is 1.72. The van der Waals surface area contributed by atoms with Crippen molar-refractivity contribution in [3.8, 4) is 0 Å². The van der Waals surface area contributed by atoms with Crippen LogP contribution in [0.15, 0.2) is 54.6 Å². The van der Waals surface area contributed by atoms with Gasteiger partial charge in [0, 0.05) is 12.2 Å². The quantitative estimate of drug-likeness (QED) is 0.780. The van der Waals surface area contributed by atoms with Gasteiger partial charge >= 0.3 is 0 Å². The lowest BCUT2D eigenvalue weighted by molar-refractivity contribution is -0.140. The number of hydrogen-bond acceptors (Lipinski definition) is 3. The minimum absolute atomic E-state index is 0.0747. The molecule has 2 aromatic carbocycles. The molecule has 0 aromatic heterocycles. The molecule has 1 N–H and O–H groups in total. The molecule has 1 fully saturated rings. The largest absolute Gasteiger partial charge is 0.348 e. The summed E-state index contributed by atoms with van der Waals surface area (Å²) in [5, 5.41) is 2.68. The molecule has 4 nitrogen and oxygen atoms in total. The SMILES string of the molecule is CCCC(=O)N1[C@@H](C(=O)N[C@@H](C)c2ccccc2)CS[C@H]1c1cccc(F)c1. The normalized spacial score (nSPS) is 20.0. The molecule has 1 aliphatic rings. The van der Waals surface area contributed by atoms with Gasteiger partial charge in [-0.3, -0.25) is 9.59 Å². The van der Waals surface area contributed by atoms with E-state index < -0.39 is 6.04 Å². The zero-order valence-electron chi connectivity index (χ0n) is 16.1. The fourth-order valence-electron chi connectivity index (χ4n) is 3.41. The van der Waals surface area contributed by atoms with E-state index in [9.17, 15) is 14.0 Å². The van der Waals surface area contributed by atoms with Crippen LogP contribution in [0.3, 0.4) is 0 Å². The van der Waals surface area contributed by atoms with Crippen LogP contribution >= 0.6 is 11.8 Å². The maximum absolute atomic E-state index is 13.7. The van der Waals surface area contributed by atoms with Gasteiger partial charge in [-0.2, -0.15) is 0 Å². The predicted molar refractivity (Wildman–Crippen MR) is 110 cm³/mol. The van der Waals surface area contributed by atoms with Crippen molar-refractivity contribution in [1.29, 1.82) is 0 Å². The Morgan fingerprint density at radius 3 is 2.64 bits per heavy atom. The van der Waals surface area contributed by atoms with E-state index in [0.29, 0.717) is 24.2 Å². The third-order valence-corrected chi connectivity index (χ3v) is 6.17. The molecule has 1 heterocycles. The summed E-state index contributed by atoms with van der Waals surface area (Å²) < 4.78 is 13.7. The second kappa shape index (κ2) is 9.24. The molecule has 0 spiro atoms. The van der Waals surface area contributed by atoms with Gasteiger partial charge in [-0.15, -0.1) is 11.8 Å². The van der Waals surface area contributed by atoms with Crippen LogP contribution in [0, 0.1) is 5.82 Å².